The molecule has 3 unspecified atom stereocenters. The van der Waals surface area contributed by atoms with Gasteiger partial charge in [0.15, 0.2) is 0 Å². The molecule has 2 aliphatic heterocycles. The summed E-state index contributed by atoms with van der Waals surface area (Å²) in [6, 6.07) is 11.5. The number of hydrogen-bond donors (Lipinski definition) is 1. The summed E-state index contributed by atoms with van der Waals surface area (Å²) in [6.45, 7) is 10.6. The third-order valence-electron chi connectivity index (χ3n) is 5.18. The number of piperazine rings is 1. The summed E-state index contributed by atoms with van der Waals surface area (Å²) in [4.78, 5) is 2.71. The zero-order valence-corrected chi connectivity index (χ0v) is 14.4. The third-order valence-corrected chi connectivity index (χ3v) is 6.70. The molecule has 0 spiro atoms. The van der Waals surface area contributed by atoms with E-state index in [9.17, 15) is 0 Å². The van der Waals surface area contributed by atoms with Crippen molar-refractivity contribution in [2.24, 2.45) is 0 Å². The Kier molecular flexibility index (Phi) is 4.35. The second-order valence-corrected chi connectivity index (χ2v) is 8.92. The van der Waals surface area contributed by atoms with E-state index in [-0.39, 0.29) is 5.54 Å². The van der Waals surface area contributed by atoms with Gasteiger partial charge >= 0.3 is 0 Å². The lowest BCUT2D eigenvalue weighted by Crippen LogP contribution is -2.62. The molecule has 2 heterocycles. The first-order valence-corrected chi connectivity index (χ1v) is 9.18. The van der Waals surface area contributed by atoms with E-state index in [1.807, 2.05) is 0 Å². The topological polar surface area (TPSA) is 15.3 Å². The van der Waals surface area contributed by atoms with E-state index in [1.165, 1.54) is 30.7 Å². The van der Waals surface area contributed by atoms with Gasteiger partial charge in [0.2, 0.25) is 0 Å². The molecule has 0 radical (unpaired) electrons. The van der Waals surface area contributed by atoms with Gasteiger partial charge in [-0.15, -0.1) is 0 Å². The summed E-state index contributed by atoms with van der Waals surface area (Å²) in [5, 5.41) is 3.78. The molecular formula is C18H28N2S. The summed E-state index contributed by atoms with van der Waals surface area (Å²) in [6.07, 6.45) is 2.76. The molecule has 3 heteroatoms. The average Bonchev–Trinajstić information content (AvgIpc) is 2.91. The number of rotatable bonds is 3. The number of thioether (sulfide) groups is 1. The fourth-order valence-electron chi connectivity index (χ4n) is 3.72. The van der Waals surface area contributed by atoms with Crippen LogP contribution in [0.15, 0.2) is 30.3 Å². The Balaban J connectivity index is 1.75. The minimum atomic E-state index is 0.0768. The first-order chi connectivity index (χ1) is 10.0. The average molecular weight is 305 g/mol. The molecule has 2 fully saturated rings. The van der Waals surface area contributed by atoms with Gasteiger partial charge in [-0.25, -0.2) is 0 Å². The summed E-state index contributed by atoms with van der Waals surface area (Å²) >= 11 is 2.17. The highest BCUT2D eigenvalue weighted by atomic mass is 32.2. The van der Waals surface area contributed by atoms with Gasteiger partial charge in [0.25, 0.3) is 0 Å². The first-order valence-electron chi connectivity index (χ1n) is 8.19. The molecule has 21 heavy (non-hydrogen) atoms. The Morgan fingerprint density at radius 1 is 1.29 bits per heavy atom. The van der Waals surface area contributed by atoms with Gasteiger partial charge in [-0.1, -0.05) is 30.3 Å². The van der Waals surface area contributed by atoms with Crippen molar-refractivity contribution < 1.29 is 0 Å². The second kappa shape index (κ2) is 5.94. The van der Waals surface area contributed by atoms with Crippen molar-refractivity contribution in [2.75, 3.05) is 25.4 Å². The molecule has 2 aliphatic rings. The van der Waals surface area contributed by atoms with Crippen LogP contribution in [-0.2, 0) is 5.54 Å². The van der Waals surface area contributed by atoms with Crippen LogP contribution < -0.4 is 5.32 Å². The van der Waals surface area contributed by atoms with Crippen LogP contribution in [0.2, 0.25) is 0 Å². The Hall–Kier alpha value is -0.510. The van der Waals surface area contributed by atoms with Gasteiger partial charge < -0.3 is 5.32 Å². The lowest BCUT2D eigenvalue weighted by molar-refractivity contribution is 0.0859. The van der Waals surface area contributed by atoms with Crippen LogP contribution in [0.25, 0.3) is 0 Å². The molecule has 3 atom stereocenters. The lowest BCUT2D eigenvalue weighted by Gasteiger charge is -2.47. The SMILES string of the molecule is CC1CNC(C)(c2ccccc2)CN1CC1(C)CCCS1. The van der Waals surface area contributed by atoms with E-state index in [0.29, 0.717) is 10.8 Å². The molecule has 0 saturated carbocycles. The third kappa shape index (κ3) is 3.30. The van der Waals surface area contributed by atoms with Crippen molar-refractivity contribution >= 4 is 11.8 Å². The smallest absolute Gasteiger partial charge is 0.0535 e. The van der Waals surface area contributed by atoms with Crippen molar-refractivity contribution in [3.63, 3.8) is 0 Å². The summed E-state index contributed by atoms with van der Waals surface area (Å²) in [5.41, 5.74) is 1.49. The molecule has 1 aromatic carbocycles. The minimum Gasteiger partial charge on any atom is -0.305 e. The van der Waals surface area contributed by atoms with E-state index >= 15 is 0 Å². The molecule has 0 amide bonds. The zero-order valence-electron chi connectivity index (χ0n) is 13.6. The molecule has 0 aliphatic carbocycles. The van der Waals surface area contributed by atoms with Gasteiger partial charge in [0.05, 0.1) is 5.54 Å². The number of hydrogen-bond acceptors (Lipinski definition) is 3. The Morgan fingerprint density at radius 3 is 2.71 bits per heavy atom. The van der Waals surface area contributed by atoms with Crippen LogP contribution in [0, 0.1) is 0 Å². The van der Waals surface area contributed by atoms with Gasteiger partial charge in [-0.2, -0.15) is 11.8 Å². The molecular weight excluding hydrogens is 276 g/mol. The quantitative estimate of drug-likeness (QED) is 0.920. The van der Waals surface area contributed by atoms with E-state index in [0.717, 1.165) is 13.1 Å². The predicted molar refractivity (Wildman–Crippen MR) is 92.9 cm³/mol. The van der Waals surface area contributed by atoms with Crippen LogP contribution >= 0.6 is 11.8 Å². The Labute approximate surface area is 133 Å². The van der Waals surface area contributed by atoms with Gasteiger partial charge in [0.1, 0.15) is 0 Å². The zero-order chi connectivity index (χ0) is 14.9. The fraction of sp³-hybridized carbons (Fsp3) is 0.667. The van der Waals surface area contributed by atoms with Crippen LogP contribution in [0.5, 0.6) is 0 Å². The maximum Gasteiger partial charge on any atom is 0.0535 e. The molecule has 0 aromatic heterocycles. The van der Waals surface area contributed by atoms with Crippen molar-refractivity contribution in [3.8, 4) is 0 Å². The van der Waals surface area contributed by atoms with E-state index in [1.54, 1.807) is 0 Å². The molecule has 116 valence electrons. The molecule has 2 saturated heterocycles. The van der Waals surface area contributed by atoms with Crippen LogP contribution in [0.1, 0.15) is 39.2 Å². The van der Waals surface area contributed by atoms with E-state index in [2.05, 4.69) is 73.1 Å². The van der Waals surface area contributed by atoms with Crippen molar-refractivity contribution in [1.82, 2.24) is 10.2 Å². The maximum absolute atomic E-state index is 3.78. The first kappa shape index (κ1) is 15.4. The second-order valence-electron chi connectivity index (χ2n) is 7.23. The Bertz CT molecular complexity index is 469. The summed E-state index contributed by atoms with van der Waals surface area (Å²) < 4.78 is 0.462. The highest BCUT2D eigenvalue weighted by Crippen LogP contribution is 2.39. The number of nitrogens with one attached hydrogen (secondary N) is 1. The monoisotopic (exact) mass is 304 g/mol. The normalized spacial score (nSPS) is 37.8. The van der Waals surface area contributed by atoms with E-state index < -0.39 is 0 Å². The number of benzene rings is 1. The van der Waals surface area contributed by atoms with Crippen molar-refractivity contribution in [3.05, 3.63) is 35.9 Å². The molecule has 3 rings (SSSR count). The highest BCUT2D eigenvalue weighted by molar-refractivity contribution is 8.00. The Morgan fingerprint density at radius 2 is 2.05 bits per heavy atom. The van der Waals surface area contributed by atoms with E-state index in [4.69, 9.17) is 0 Å². The summed E-state index contributed by atoms with van der Waals surface area (Å²) in [7, 11) is 0. The summed E-state index contributed by atoms with van der Waals surface area (Å²) in [5.74, 6) is 1.34. The standard InChI is InChI=1S/C18H28N2S/c1-15-12-19-18(3,16-8-5-4-6-9-16)14-20(15)13-17(2)10-7-11-21-17/h4-6,8-9,15,19H,7,10-14H2,1-3H3. The molecule has 1 aromatic rings. The van der Waals surface area contributed by atoms with Gasteiger partial charge in [-0.3, -0.25) is 4.90 Å². The van der Waals surface area contributed by atoms with Crippen LogP contribution in [0.3, 0.4) is 0 Å². The highest BCUT2D eigenvalue weighted by Gasteiger charge is 2.39. The molecule has 2 nitrogen and oxygen atoms in total. The van der Waals surface area contributed by atoms with Crippen molar-refractivity contribution in [1.29, 1.82) is 0 Å². The predicted octanol–water partition coefficient (Wildman–Crippen LogP) is 3.48. The van der Waals surface area contributed by atoms with Gasteiger partial charge in [-0.05, 0) is 44.9 Å². The molecule has 0 bridgehead atoms. The van der Waals surface area contributed by atoms with Crippen LogP contribution in [0.4, 0.5) is 0 Å². The minimum absolute atomic E-state index is 0.0768. The lowest BCUT2D eigenvalue weighted by atomic mass is 9.87. The largest absolute Gasteiger partial charge is 0.305 e. The molecule has 1 N–H and O–H groups in total. The van der Waals surface area contributed by atoms with Gasteiger partial charge in [0, 0.05) is 30.4 Å². The van der Waals surface area contributed by atoms with Crippen molar-refractivity contribution in [2.45, 2.75) is 49.9 Å². The fourth-order valence-corrected chi connectivity index (χ4v) is 5.05. The maximum atomic E-state index is 3.78. The number of nitrogens with zero attached hydrogens (tertiary/aromatic N) is 1. The van der Waals surface area contributed by atoms with Crippen LogP contribution in [-0.4, -0.2) is 41.1 Å².